The third kappa shape index (κ3) is 2.73. The first-order valence-corrected chi connectivity index (χ1v) is 7.86. The van der Waals surface area contributed by atoms with Crippen molar-refractivity contribution in [3.8, 4) is 17.0 Å². The lowest BCUT2D eigenvalue weighted by molar-refractivity contribution is 0.349. The van der Waals surface area contributed by atoms with Crippen LogP contribution >= 0.6 is 0 Å². The fourth-order valence-electron chi connectivity index (χ4n) is 3.27. The lowest BCUT2D eigenvalue weighted by atomic mass is 9.94. The van der Waals surface area contributed by atoms with Gasteiger partial charge >= 0.3 is 0 Å². The Kier molecular flexibility index (Phi) is 4.18. The second-order valence-electron chi connectivity index (χ2n) is 5.87. The van der Waals surface area contributed by atoms with Crippen molar-refractivity contribution in [2.45, 2.75) is 38.1 Å². The summed E-state index contributed by atoms with van der Waals surface area (Å²) in [4.78, 5) is 12.6. The van der Waals surface area contributed by atoms with E-state index in [0.29, 0.717) is 5.69 Å². The summed E-state index contributed by atoms with van der Waals surface area (Å²) in [6.07, 6.45) is 5.70. The minimum absolute atomic E-state index is 0.0692. The molecular weight excluding hydrogens is 276 g/mol. The van der Waals surface area contributed by atoms with E-state index in [0.717, 1.165) is 29.8 Å². The molecule has 0 unspecified atom stereocenters. The molecule has 0 spiro atoms. The van der Waals surface area contributed by atoms with Gasteiger partial charge < -0.3 is 15.0 Å². The van der Waals surface area contributed by atoms with Gasteiger partial charge in [-0.25, -0.2) is 0 Å². The Morgan fingerprint density at radius 3 is 2.36 bits per heavy atom. The van der Waals surface area contributed by atoms with Crippen molar-refractivity contribution in [3.05, 3.63) is 46.8 Å². The smallest absolute Gasteiger partial charge is 0.274 e. The van der Waals surface area contributed by atoms with Crippen LogP contribution in [-0.2, 0) is 0 Å². The Bertz CT molecular complexity index is 698. The molecule has 4 nitrogen and oxygen atoms in total. The molecule has 0 bridgehead atoms. The second kappa shape index (κ2) is 6.26. The summed E-state index contributed by atoms with van der Waals surface area (Å²) in [5.41, 5.74) is 8.08. The maximum atomic E-state index is 12.6. The number of rotatable bonds is 3. The molecule has 3 rings (SSSR count). The van der Waals surface area contributed by atoms with Gasteiger partial charge in [0.1, 0.15) is 5.75 Å². The molecule has 1 aliphatic rings. The van der Waals surface area contributed by atoms with Crippen LogP contribution < -0.4 is 16.0 Å². The Balaban J connectivity index is 2.09. The number of methoxy groups -OCH3 is 1. The van der Waals surface area contributed by atoms with E-state index in [1.165, 1.54) is 19.3 Å². The number of ether oxygens (including phenoxy) is 1. The molecule has 116 valence electrons. The minimum atomic E-state index is -0.0692. The quantitative estimate of drug-likeness (QED) is 0.941. The van der Waals surface area contributed by atoms with Crippen LogP contribution in [0, 0.1) is 0 Å². The molecule has 1 heterocycles. The molecule has 1 aromatic carbocycles. The number of nitrogens with two attached hydrogens (primary N) is 1. The van der Waals surface area contributed by atoms with E-state index in [4.69, 9.17) is 10.5 Å². The molecule has 2 N–H and O–H groups in total. The molecule has 1 aliphatic carbocycles. The lowest BCUT2D eigenvalue weighted by Gasteiger charge is -2.27. The van der Waals surface area contributed by atoms with E-state index < -0.39 is 0 Å². The van der Waals surface area contributed by atoms with Gasteiger partial charge in [0.15, 0.2) is 0 Å². The minimum Gasteiger partial charge on any atom is -0.497 e. The van der Waals surface area contributed by atoms with Crippen LogP contribution in [0.5, 0.6) is 5.75 Å². The highest BCUT2D eigenvalue weighted by molar-refractivity contribution is 5.62. The van der Waals surface area contributed by atoms with Gasteiger partial charge in [-0.1, -0.05) is 19.3 Å². The van der Waals surface area contributed by atoms with Crippen molar-refractivity contribution in [2.24, 2.45) is 0 Å². The summed E-state index contributed by atoms with van der Waals surface area (Å²) in [5.74, 6) is 0.811. The molecule has 2 aromatic rings. The highest BCUT2D eigenvalue weighted by Crippen LogP contribution is 2.32. The van der Waals surface area contributed by atoms with Gasteiger partial charge in [0.25, 0.3) is 5.56 Å². The number of pyridine rings is 1. The van der Waals surface area contributed by atoms with Crippen molar-refractivity contribution in [3.63, 3.8) is 0 Å². The van der Waals surface area contributed by atoms with Crippen molar-refractivity contribution < 1.29 is 4.74 Å². The molecule has 0 aliphatic heterocycles. The topological polar surface area (TPSA) is 57.2 Å². The molecule has 0 amide bonds. The van der Waals surface area contributed by atoms with Crippen molar-refractivity contribution >= 4 is 5.69 Å². The average Bonchev–Trinajstić information content (AvgIpc) is 2.58. The third-order valence-electron chi connectivity index (χ3n) is 4.47. The Hall–Kier alpha value is -2.23. The van der Waals surface area contributed by atoms with E-state index in [9.17, 15) is 4.79 Å². The van der Waals surface area contributed by atoms with Gasteiger partial charge in [-0.2, -0.15) is 0 Å². The first kappa shape index (κ1) is 14.7. The van der Waals surface area contributed by atoms with Gasteiger partial charge in [-0.15, -0.1) is 0 Å². The number of nitrogens with zero attached hydrogens (tertiary/aromatic N) is 1. The number of aromatic nitrogens is 1. The lowest BCUT2D eigenvalue weighted by Crippen LogP contribution is -2.29. The van der Waals surface area contributed by atoms with Gasteiger partial charge in [-0.05, 0) is 54.8 Å². The first-order valence-electron chi connectivity index (χ1n) is 7.86. The monoisotopic (exact) mass is 298 g/mol. The molecule has 0 atom stereocenters. The van der Waals surface area contributed by atoms with E-state index in [-0.39, 0.29) is 11.6 Å². The van der Waals surface area contributed by atoms with Gasteiger partial charge in [0, 0.05) is 6.04 Å². The van der Waals surface area contributed by atoms with Crippen LogP contribution in [0.4, 0.5) is 5.69 Å². The predicted octanol–water partition coefficient (Wildman–Crippen LogP) is 3.61. The normalized spacial score (nSPS) is 15.7. The molecule has 0 saturated heterocycles. The Morgan fingerprint density at radius 1 is 1.05 bits per heavy atom. The van der Waals surface area contributed by atoms with Crippen LogP contribution in [-0.4, -0.2) is 11.7 Å². The van der Waals surface area contributed by atoms with E-state index in [1.807, 2.05) is 34.9 Å². The summed E-state index contributed by atoms with van der Waals surface area (Å²) in [6.45, 7) is 0. The summed E-state index contributed by atoms with van der Waals surface area (Å²) < 4.78 is 7.11. The highest BCUT2D eigenvalue weighted by Gasteiger charge is 2.20. The van der Waals surface area contributed by atoms with E-state index in [2.05, 4.69) is 0 Å². The summed E-state index contributed by atoms with van der Waals surface area (Å²) in [5, 5.41) is 0. The maximum absolute atomic E-state index is 12.6. The van der Waals surface area contributed by atoms with Gasteiger partial charge in [0.05, 0.1) is 18.5 Å². The van der Waals surface area contributed by atoms with Crippen molar-refractivity contribution in [1.82, 2.24) is 4.57 Å². The van der Waals surface area contributed by atoms with Crippen molar-refractivity contribution in [1.29, 1.82) is 0 Å². The Morgan fingerprint density at radius 2 is 1.73 bits per heavy atom. The predicted molar refractivity (Wildman–Crippen MR) is 89.2 cm³/mol. The summed E-state index contributed by atoms with van der Waals surface area (Å²) in [7, 11) is 1.65. The molecule has 1 saturated carbocycles. The standard InChI is InChI=1S/C18H22N2O2/c1-22-15-9-7-13(8-10-15)17-12-11-16(19)18(21)20(17)14-5-3-2-4-6-14/h7-12,14H,2-6,19H2,1H3. The molecule has 4 heteroatoms. The fourth-order valence-corrected chi connectivity index (χ4v) is 3.27. The van der Waals surface area contributed by atoms with Crippen LogP contribution in [0.1, 0.15) is 38.1 Å². The zero-order valence-corrected chi connectivity index (χ0v) is 12.9. The molecule has 1 aromatic heterocycles. The maximum Gasteiger partial charge on any atom is 0.274 e. The van der Waals surface area contributed by atoms with Crippen LogP contribution in [0.3, 0.4) is 0 Å². The van der Waals surface area contributed by atoms with Gasteiger partial charge in [-0.3, -0.25) is 4.79 Å². The fraction of sp³-hybridized carbons (Fsp3) is 0.389. The molecular formula is C18H22N2O2. The van der Waals surface area contributed by atoms with Crippen LogP contribution in [0.2, 0.25) is 0 Å². The van der Waals surface area contributed by atoms with E-state index >= 15 is 0 Å². The summed E-state index contributed by atoms with van der Waals surface area (Å²) >= 11 is 0. The third-order valence-corrected chi connectivity index (χ3v) is 4.47. The number of nitrogen functional groups attached to an aromatic ring is 1. The molecule has 0 radical (unpaired) electrons. The average molecular weight is 298 g/mol. The first-order chi connectivity index (χ1) is 10.7. The number of benzene rings is 1. The summed E-state index contributed by atoms with van der Waals surface area (Å²) in [6, 6.07) is 11.7. The zero-order chi connectivity index (χ0) is 15.5. The SMILES string of the molecule is COc1ccc(-c2ccc(N)c(=O)n2C2CCCCC2)cc1. The largest absolute Gasteiger partial charge is 0.497 e. The highest BCUT2D eigenvalue weighted by atomic mass is 16.5. The molecule has 22 heavy (non-hydrogen) atoms. The van der Waals surface area contributed by atoms with Crippen molar-refractivity contribution in [2.75, 3.05) is 12.8 Å². The number of anilines is 1. The molecule has 1 fully saturated rings. The number of hydrogen-bond donors (Lipinski definition) is 1. The Labute approximate surface area is 130 Å². The van der Waals surface area contributed by atoms with Crippen LogP contribution in [0.25, 0.3) is 11.3 Å². The van der Waals surface area contributed by atoms with E-state index in [1.54, 1.807) is 13.2 Å². The van der Waals surface area contributed by atoms with Crippen LogP contribution in [0.15, 0.2) is 41.2 Å². The van der Waals surface area contributed by atoms with Gasteiger partial charge in [0.2, 0.25) is 0 Å². The number of hydrogen-bond acceptors (Lipinski definition) is 3. The second-order valence-corrected chi connectivity index (χ2v) is 5.87. The zero-order valence-electron chi connectivity index (χ0n) is 12.9.